The SMILES string of the molecule is CCNC(=NCc1cccc(OCC)c1OC(F)F)NCc1ncc(C)s1. The molecule has 1 aromatic carbocycles. The first-order chi connectivity index (χ1) is 13.0. The van der Waals surface area contributed by atoms with Crippen molar-refractivity contribution in [2.45, 2.75) is 40.5 Å². The number of thiazole rings is 1. The standard InChI is InChI=1S/C18H24F2N4O2S/c1-4-21-18(24-11-15-22-9-12(3)27-15)23-10-13-7-6-8-14(25-5-2)16(13)26-17(19)20/h6-9,17H,4-5,10-11H2,1-3H3,(H2,21,23,24). The molecule has 0 atom stereocenters. The van der Waals surface area contributed by atoms with Gasteiger partial charge in [0.1, 0.15) is 5.01 Å². The highest BCUT2D eigenvalue weighted by Gasteiger charge is 2.15. The van der Waals surface area contributed by atoms with Gasteiger partial charge >= 0.3 is 6.61 Å². The third kappa shape index (κ3) is 6.67. The molecule has 0 unspecified atom stereocenters. The molecule has 0 saturated heterocycles. The lowest BCUT2D eigenvalue weighted by Gasteiger charge is -2.15. The van der Waals surface area contributed by atoms with E-state index in [-0.39, 0.29) is 18.0 Å². The van der Waals surface area contributed by atoms with Crippen molar-refractivity contribution in [1.29, 1.82) is 0 Å². The fourth-order valence-electron chi connectivity index (χ4n) is 2.33. The molecule has 9 heteroatoms. The summed E-state index contributed by atoms with van der Waals surface area (Å²) in [4.78, 5) is 9.90. The van der Waals surface area contributed by atoms with Crippen LogP contribution in [0.4, 0.5) is 8.78 Å². The van der Waals surface area contributed by atoms with Crippen LogP contribution in [0.5, 0.6) is 11.5 Å². The number of aromatic nitrogens is 1. The summed E-state index contributed by atoms with van der Waals surface area (Å²) in [7, 11) is 0. The zero-order chi connectivity index (χ0) is 19.6. The Bertz CT molecular complexity index is 753. The Kier molecular flexibility index (Phi) is 8.25. The molecule has 27 heavy (non-hydrogen) atoms. The zero-order valence-electron chi connectivity index (χ0n) is 15.6. The Labute approximate surface area is 161 Å². The summed E-state index contributed by atoms with van der Waals surface area (Å²) in [5, 5.41) is 7.26. The van der Waals surface area contributed by atoms with Crippen LogP contribution in [0, 0.1) is 6.92 Å². The molecule has 0 aliphatic heterocycles. The molecule has 0 saturated carbocycles. The van der Waals surface area contributed by atoms with Gasteiger partial charge in [0.25, 0.3) is 0 Å². The van der Waals surface area contributed by atoms with Gasteiger partial charge in [-0.15, -0.1) is 11.3 Å². The number of benzene rings is 1. The summed E-state index contributed by atoms with van der Waals surface area (Å²) >= 11 is 1.60. The predicted octanol–water partition coefficient (Wildman–Crippen LogP) is 3.71. The van der Waals surface area contributed by atoms with Gasteiger partial charge in [-0.1, -0.05) is 12.1 Å². The third-order valence-electron chi connectivity index (χ3n) is 3.40. The highest BCUT2D eigenvalue weighted by molar-refractivity contribution is 7.11. The Morgan fingerprint density at radius 1 is 1.30 bits per heavy atom. The molecule has 0 spiro atoms. The second-order valence-corrected chi connectivity index (χ2v) is 6.79. The first-order valence-electron chi connectivity index (χ1n) is 8.66. The second kappa shape index (κ2) is 10.7. The molecule has 0 aliphatic rings. The van der Waals surface area contributed by atoms with Crippen LogP contribution >= 0.6 is 11.3 Å². The minimum absolute atomic E-state index is 0.0181. The van der Waals surface area contributed by atoms with Gasteiger partial charge in [-0.25, -0.2) is 9.98 Å². The van der Waals surface area contributed by atoms with Crippen LogP contribution in [0.3, 0.4) is 0 Å². The number of ether oxygens (including phenoxy) is 2. The number of para-hydroxylation sites is 1. The van der Waals surface area contributed by atoms with Crippen LogP contribution in [-0.2, 0) is 13.1 Å². The van der Waals surface area contributed by atoms with Gasteiger partial charge in [-0.2, -0.15) is 8.78 Å². The molecule has 148 valence electrons. The van der Waals surface area contributed by atoms with Crippen molar-refractivity contribution in [1.82, 2.24) is 15.6 Å². The molecule has 1 heterocycles. The molecule has 2 N–H and O–H groups in total. The van der Waals surface area contributed by atoms with Crippen molar-refractivity contribution in [3.63, 3.8) is 0 Å². The molecular formula is C18H24F2N4O2S. The maximum atomic E-state index is 12.8. The van der Waals surface area contributed by atoms with E-state index in [0.717, 1.165) is 9.88 Å². The number of alkyl halides is 2. The molecule has 0 amide bonds. The normalized spacial score (nSPS) is 11.6. The van der Waals surface area contributed by atoms with E-state index in [1.165, 1.54) is 0 Å². The van der Waals surface area contributed by atoms with Gasteiger partial charge in [0.05, 0.1) is 19.7 Å². The van der Waals surface area contributed by atoms with Gasteiger partial charge in [-0.05, 0) is 26.8 Å². The Morgan fingerprint density at radius 3 is 2.74 bits per heavy atom. The number of aryl methyl sites for hydroxylation is 1. The Hall–Kier alpha value is -2.42. The quantitative estimate of drug-likeness (QED) is 0.498. The van der Waals surface area contributed by atoms with Crippen molar-refractivity contribution >= 4 is 17.3 Å². The summed E-state index contributed by atoms with van der Waals surface area (Å²) in [6.45, 7) is 4.51. The van der Waals surface area contributed by atoms with Crippen LogP contribution in [0.25, 0.3) is 0 Å². The van der Waals surface area contributed by atoms with Crippen molar-refractivity contribution in [3.8, 4) is 11.5 Å². The maximum Gasteiger partial charge on any atom is 0.387 e. The number of nitrogens with one attached hydrogen (secondary N) is 2. The van der Waals surface area contributed by atoms with Gasteiger partial charge in [0, 0.05) is 23.2 Å². The highest BCUT2D eigenvalue weighted by Crippen LogP contribution is 2.33. The smallest absolute Gasteiger partial charge is 0.387 e. The average molecular weight is 398 g/mol. The molecule has 0 fully saturated rings. The monoisotopic (exact) mass is 398 g/mol. The fraction of sp³-hybridized carbons (Fsp3) is 0.444. The van der Waals surface area contributed by atoms with Crippen LogP contribution in [0.1, 0.15) is 29.3 Å². The van der Waals surface area contributed by atoms with E-state index in [9.17, 15) is 8.78 Å². The Balaban J connectivity index is 2.14. The van der Waals surface area contributed by atoms with Crippen molar-refractivity contribution < 1.29 is 18.3 Å². The number of hydrogen-bond acceptors (Lipinski definition) is 5. The van der Waals surface area contributed by atoms with E-state index in [0.29, 0.717) is 31.2 Å². The molecule has 1 aromatic heterocycles. The van der Waals surface area contributed by atoms with Gasteiger partial charge in [-0.3, -0.25) is 0 Å². The largest absolute Gasteiger partial charge is 0.490 e. The molecule has 0 radical (unpaired) electrons. The third-order valence-corrected chi connectivity index (χ3v) is 4.31. The number of hydrogen-bond donors (Lipinski definition) is 2. The molecule has 2 rings (SSSR count). The second-order valence-electron chi connectivity index (χ2n) is 5.47. The van der Waals surface area contributed by atoms with E-state index < -0.39 is 6.61 Å². The van der Waals surface area contributed by atoms with Gasteiger partial charge in [0.15, 0.2) is 17.5 Å². The first kappa shape index (κ1) is 20.9. The first-order valence-corrected chi connectivity index (χ1v) is 9.48. The van der Waals surface area contributed by atoms with Crippen molar-refractivity contribution in [2.75, 3.05) is 13.2 Å². The van der Waals surface area contributed by atoms with Crippen molar-refractivity contribution in [2.24, 2.45) is 4.99 Å². The predicted molar refractivity (Wildman–Crippen MR) is 103 cm³/mol. The zero-order valence-corrected chi connectivity index (χ0v) is 16.4. The minimum atomic E-state index is -2.94. The summed E-state index contributed by atoms with van der Waals surface area (Å²) < 4.78 is 35.7. The topological polar surface area (TPSA) is 67.8 Å². The van der Waals surface area contributed by atoms with Crippen LogP contribution in [-0.4, -0.2) is 30.7 Å². The van der Waals surface area contributed by atoms with Crippen LogP contribution < -0.4 is 20.1 Å². The van der Waals surface area contributed by atoms with E-state index in [1.54, 1.807) is 36.5 Å². The molecule has 2 aromatic rings. The Morgan fingerprint density at radius 2 is 2.11 bits per heavy atom. The number of rotatable bonds is 9. The molecule has 6 nitrogen and oxygen atoms in total. The number of aliphatic imine (C=N–C) groups is 1. The molecular weight excluding hydrogens is 374 g/mol. The van der Waals surface area contributed by atoms with Gasteiger partial charge in [0.2, 0.25) is 0 Å². The van der Waals surface area contributed by atoms with Crippen molar-refractivity contribution in [3.05, 3.63) is 39.8 Å². The molecule has 0 bridgehead atoms. The summed E-state index contributed by atoms with van der Waals surface area (Å²) in [5.41, 5.74) is 0.517. The van der Waals surface area contributed by atoms with Crippen LogP contribution in [0.15, 0.2) is 29.4 Å². The lowest BCUT2D eigenvalue weighted by atomic mass is 10.2. The number of nitrogens with zero attached hydrogens (tertiary/aromatic N) is 2. The lowest BCUT2D eigenvalue weighted by Crippen LogP contribution is -2.36. The van der Waals surface area contributed by atoms with E-state index in [4.69, 9.17) is 4.74 Å². The lowest BCUT2D eigenvalue weighted by molar-refractivity contribution is -0.0520. The molecule has 0 aliphatic carbocycles. The van der Waals surface area contributed by atoms with Gasteiger partial charge < -0.3 is 20.1 Å². The number of halogens is 2. The van der Waals surface area contributed by atoms with E-state index in [2.05, 4.69) is 25.3 Å². The maximum absolute atomic E-state index is 12.8. The van der Waals surface area contributed by atoms with E-state index >= 15 is 0 Å². The average Bonchev–Trinajstić information content (AvgIpc) is 3.04. The summed E-state index contributed by atoms with van der Waals surface area (Å²) in [6, 6.07) is 5.02. The summed E-state index contributed by atoms with van der Waals surface area (Å²) in [5.74, 6) is 0.862. The summed E-state index contributed by atoms with van der Waals surface area (Å²) in [6.07, 6.45) is 1.82. The minimum Gasteiger partial charge on any atom is -0.490 e. The van der Waals surface area contributed by atoms with E-state index in [1.807, 2.05) is 20.0 Å². The highest BCUT2D eigenvalue weighted by atomic mass is 32.1. The van der Waals surface area contributed by atoms with Crippen LogP contribution in [0.2, 0.25) is 0 Å². The number of guanidine groups is 1. The fourth-order valence-corrected chi connectivity index (χ4v) is 3.05.